The molecule has 1 unspecified atom stereocenters. The highest BCUT2D eigenvalue weighted by Crippen LogP contribution is 2.42. The Balaban J connectivity index is 2.27. The Kier molecular flexibility index (Phi) is 3.90. The van der Waals surface area contributed by atoms with E-state index in [0.29, 0.717) is 0 Å². The number of benzene rings is 2. The molecule has 118 valence electrons. The Morgan fingerprint density at radius 3 is 1.83 bits per heavy atom. The summed E-state index contributed by atoms with van der Waals surface area (Å²) in [4.78, 5) is 22.9. The summed E-state index contributed by atoms with van der Waals surface area (Å²) in [6.45, 7) is 2.79. The van der Waals surface area contributed by atoms with Crippen LogP contribution >= 0.6 is 0 Å². The van der Waals surface area contributed by atoms with Crippen molar-refractivity contribution in [1.29, 1.82) is 0 Å². The molecule has 0 fully saturated rings. The van der Waals surface area contributed by atoms with Crippen LogP contribution in [0.15, 0.2) is 72.3 Å². The van der Waals surface area contributed by atoms with Gasteiger partial charge in [0.2, 0.25) is 5.79 Å². The third-order valence-electron chi connectivity index (χ3n) is 3.97. The van der Waals surface area contributed by atoms with Gasteiger partial charge in [-0.25, -0.2) is 4.89 Å². The summed E-state index contributed by atoms with van der Waals surface area (Å²) in [6, 6.07) is 18.9. The monoisotopic (exact) mass is 310 g/mol. The van der Waals surface area contributed by atoms with E-state index < -0.39 is 11.4 Å². The van der Waals surface area contributed by atoms with Gasteiger partial charge in [0.05, 0.1) is 5.57 Å². The van der Waals surface area contributed by atoms with Gasteiger partial charge >= 0.3 is 0 Å². The van der Waals surface area contributed by atoms with Crippen molar-refractivity contribution < 1.29 is 19.7 Å². The third kappa shape index (κ3) is 2.72. The molecule has 0 spiro atoms. The Morgan fingerprint density at radius 2 is 1.39 bits per heavy atom. The Morgan fingerprint density at radius 1 is 0.913 bits per heavy atom. The second-order valence-electron chi connectivity index (χ2n) is 5.73. The molecule has 2 aromatic carbocycles. The quantitative estimate of drug-likeness (QED) is 0.885. The van der Waals surface area contributed by atoms with E-state index in [0.717, 1.165) is 11.1 Å². The molecule has 1 atom stereocenters. The van der Waals surface area contributed by atoms with Crippen LogP contribution in [0.25, 0.3) is 0 Å². The van der Waals surface area contributed by atoms with Gasteiger partial charge in [-0.2, -0.15) is 4.89 Å². The van der Waals surface area contributed by atoms with Crippen LogP contribution in [-0.4, -0.2) is 16.7 Å². The first kappa shape index (κ1) is 15.6. The number of aliphatic hydroxyl groups is 1. The Bertz CT molecular complexity index is 693. The summed E-state index contributed by atoms with van der Waals surface area (Å²) < 4.78 is 0. The van der Waals surface area contributed by atoms with E-state index >= 15 is 0 Å². The summed E-state index contributed by atoms with van der Waals surface area (Å²) in [7, 11) is 0. The zero-order valence-electron chi connectivity index (χ0n) is 13.0. The first-order valence-electron chi connectivity index (χ1n) is 7.40. The van der Waals surface area contributed by atoms with Gasteiger partial charge in [0.25, 0.3) is 0 Å². The van der Waals surface area contributed by atoms with Crippen molar-refractivity contribution in [2.75, 3.05) is 0 Å². The van der Waals surface area contributed by atoms with Crippen molar-refractivity contribution in [2.24, 2.45) is 0 Å². The molecule has 0 bridgehead atoms. The Hall–Kier alpha value is -2.27. The molecule has 0 aliphatic carbocycles. The van der Waals surface area contributed by atoms with Crippen molar-refractivity contribution in [3.63, 3.8) is 0 Å². The van der Waals surface area contributed by atoms with Crippen molar-refractivity contribution in [3.8, 4) is 0 Å². The van der Waals surface area contributed by atoms with Crippen molar-refractivity contribution in [1.82, 2.24) is 0 Å². The maximum atomic E-state index is 12.0. The number of rotatable bonds is 3. The molecule has 1 N–H and O–H groups in total. The molecule has 1 aliphatic heterocycles. The second kappa shape index (κ2) is 5.74. The zero-order valence-corrected chi connectivity index (χ0v) is 13.0. The molecular formula is C19H18O4. The minimum Gasteiger partial charge on any atom is -0.360 e. The smallest absolute Gasteiger partial charge is 0.225 e. The average Bonchev–Trinajstić information content (AvgIpc) is 2.56. The lowest BCUT2D eigenvalue weighted by Gasteiger charge is -2.39. The van der Waals surface area contributed by atoms with Gasteiger partial charge in [0.1, 0.15) is 0 Å². The molecule has 1 heterocycles. The van der Waals surface area contributed by atoms with Crippen LogP contribution in [0.3, 0.4) is 0 Å². The number of hydrogen-bond donors (Lipinski definition) is 1. The lowest BCUT2D eigenvalue weighted by atomic mass is 9.82. The predicted octanol–water partition coefficient (Wildman–Crippen LogP) is 3.12. The second-order valence-corrected chi connectivity index (χ2v) is 5.73. The van der Waals surface area contributed by atoms with E-state index in [9.17, 15) is 9.90 Å². The number of ketones is 1. The first-order chi connectivity index (χ1) is 11.0. The molecule has 0 aromatic heterocycles. The van der Waals surface area contributed by atoms with E-state index in [1.165, 1.54) is 13.8 Å². The largest absolute Gasteiger partial charge is 0.360 e. The molecule has 0 radical (unpaired) electrons. The van der Waals surface area contributed by atoms with Gasteiger partial charge in [-0.15, -0.1) is 0 Å². The maximum Gasteiger partial charge on any atom is 0.225 e. The molecule has 0 saturated carbocycles. The third-order valence-corrected chi connectivity index (χ3v) is 3.97. The molecular weight excluding hydrogens is 292 g/mol. The van der Waals surface area contributed by atoms with E-state index in [1.54, 1.807) is 6.08 Å². The fraction of sp³-hybridized carbons (Fsp3) is 0.211. The number of Topliss-reactive ketones (excluding diaryl/α,β-unsaturated/α-hetero) is 1. The highest BCUT2D eigenvalue weighted by Gasteiger charge is 2.46. The molecule has 4 heteroatoms. The number of carbonyl (C=O) groups excluding carboxylic acids is 1. The van der Waals surface area contributed by atoms with Crippen LogP contribution in [0.4, 0.5) is 0 Å². The Labute approximate surface area is 134 Å². The van der Waals surface area contributed by atoms with Crippen molar-refractivity contribution in [2.45, 2.75) is 25.2 Å². The van der Waals surface area contributed by atoms with E-state index in [1.807, 2.05) is 60.7 Å². The topological polar surface area (TPSA) is 55.8 Å². The van der Waals surface area contributed by atoms with Crippen LogP contribution in [-0.2, 0) is 20.2 Å². The zero-order chi connectivity index (χ0) is 16.5. The summed E-state index contributed by atoms with van der Waals surface area (Å²) >= 11 is 0. The van der Waals surface area contributed by atoms with Gasteiger partial charge in [0.15, 0.2) is 11.4 Å². The molecule has 23 heavy (non-hydrogen) atoms. The normalized spacial score (nSPS) is 23.2. The first-order valence-corrected chi connectivity index (χ1v) is 7.40. The SMILES string of the molecule is CC(=O)C1=CC(c2ccccc2)(c2ccccc2)OOC1(C)O. The minimum atomic E-state index is -1.78. The summed E-state index contributed by atoms with van der Waals surface area (Å²) in [5.41, 5.74) is 0.684. The van der Waals surface area contributed by atoms with Crippen molar-refractivity contribution >= 4 is 5.78 Å². The van der Waals surface area contributed by atoms with Gasteiger partial charge < -0.3 is 5.11 Å². The molecule has 0 amide bonds. The van der Waals surface area contributed by atoms with E-state index in [-0.39, 0.29) is 11.4 Å². The number of hydrogen-bond acceptors (Lipinski definition) is 4. The van der Waals surface area contributed by atoms with Gasteiger partial charge in [-0.05, 0) is 31.1 Å². The van der Waals surface area contributed by atoms with Gasteiger partial charge in [-0.1, -0.05) is 60.7 Å². The van der Waals surface area contributed by atoms with Crippen LogP contribution in [0.2, 0.25) is 0 Å². The predicted molar refractivity (Wildman–Crippen MR) is 85.2 cm³/mol. The molecule has 2 aromatic rings. The van der Waals surface area contributed by atoms with Gasteiger partial charge in [-0.3, -0.25) is 4.79 Å². The molecule has 0 saturated heterocycles. The van der Waals surface area contributed by atoms with Crippen LogP contribution < -0.4 is 0 Å². The summed E-state index contributed by atoms with van der Waals surface area (Å²) in [5, 5.41) is 10.3. The average molecular weight is 310 g/mol. The van der Waals surface area contributed by atoms with E-state index in [2.05, 4.69) is 0 Å². The highest BCUT2D eigenvalue weighted by molar-refractivity contribution is 5.95. The fourth-order valence-electron chi connectivity index (χ4n) is 2.78. The number of carbonyl (C=O) groups is 1. The summed E-state index contributed by atoms with van der Waals surface area (Å²) in [6.07, 6.45) is 1.64. The van der Waals surface area contributed by atoms with E-state index in [4.69, 9.17) is 9.78 Å². The molecule has 1 aliphatic rings. The van der Waals surface area contributed by atoms with Crippen LogP contribution in [0.1, 0.15) is 25.0 Å². The lowest BCUT2D eigenvalue weighted by molar-refractivity contribution is -0.440. The minimum absolute atomic E-state index is 0.163. The lowest BCUT2D eigenvalue weighted by Crippen LogP contribution is -2.45. The van der Waals surface area contributed by atoms with Gasteiger partial charge in [0, 0.05) is 0 Å². The van der Waals surface area contributed by atoms with Crippen molar-refractivity contribution in [3.05, 3.63) is 83.4 Å². The standard InChI is InChI=1S/C19H18O4/c1-14(20)17-13-19(23-22-18(17,2)21,15-9-5-3-6-10-15)16-11-7-4-8-12-16/h3-13,21H,1-2H3. The van der Waals surface area contributed by atoms with Crippen LogP contribution in [0, 0.1) is 0 Å². The van der Waals surface area contributed by atoms with Crippen LogP contribution in [0.5, 0.6) is 0 Å². The molecule has 4 nitrogen and oxygen atoms in total. The maximum absolute atomic E-state index is 12.0. The molecule has 3 rings (SSSR count). The fourth-order valence-corrected chi connectivity index (χ4v) is 2.78. The summed E-state index contributed by atoms with van der Waals surface area (Å²) in [5.74, 6) is -2.05. The highest BCUT2D eigenvalue weighted by atomic mass is 17.2.